The molecule has 0 bridgehead atoms. The van der Waals surface area contributed by atoms with Crippen molar-refractivity contribution in [2.75, 3.05) is 6.61 Å². The number of carbonyl (C=O) groups excluding carboxylic acids is 1. The van der Waals surface area contributed by atoms with Crippen LogP contribution < -0.4 is 4.74 Å². The first-order valence-electron chi connectivity index (χ1n) is 5.58. The summed E-state index contributed by atoms with van der Waals surface area (Å²) in [6.45, 7) is 3.04. The molecule has 3 heteroatoms. The molecule has 1 aromatic rings. The first kappa shape index (κ1) is 11.6. The van der Waals surface area contributed by atoms with E-state index in [4.69, 9.17) is 4.74 Å². The van der Waals surface area contributed by atoms with Crippen molar-refractivity contribution in [3.05, 3.63) is 28.2 Å². The predicted molar refractivity (Wildman–Crippen MR) is 66.9 cm³/mol. The van der Waals surface area contributed by atoms with Crippen molar-refractivity contribution in [2.45, 2.75) is 19.8 Å². The van der Waals surface area contributed by atoms with Crippen molar-refractivity contribution in [2.24, 2.45) is 11.8 Å². The third kappa shape index (κ3) is 2.46. The molecule has 0 aromatic heterocycles. The number of benzene rings is 1. The molecule has 0 unspecified atom stereocenters. The van der Waals surface area contributed by atoms with Gasteiger partial charge in [0.25, 0.3) is 0 Å². The minimum atomic E-state index is 0.663. The zero-order valence-electron chi connectivity index (χ0n) is 9.28. The van der Waals surface area contributed by atoms with Crippen LogP contribution in [0.1, 0.15) is 30.1 Å². The molecular weight excluding hydrogens is 268 g/mol. The van der Waals surface area contributed by atoms with Crippen LogP contribution in [-0.2, 0) is 0 Å². The van der Waals surface area contributed by atoms with Crippen LogP contribution in [-0.4, -0.2) is 12.9 Å². The molecule has 2 rings (SSSR count). The summed E-state index contributed by atoms with van der Waals surface area (Å²) in [5, 5.41) is 0. The molecule has 1 fully saturated rings. The fourth-order valence-corrected chi connectivity index (χ4v) is 2.40. The van der Waals surface area contributed by atoms with E-state index in [-0.39, 0.29) is 0 Å². The molecule has 0 saturated heterocycles. The van der Waals surface area contributed by atoms with Crippen molar-refractivity contribution in [1.82, 2.24) is 0 Å². The third-order valence-corrected chi connectivity index (χ3v) is 3.96. The normalized spacial score (nSPS) is 23.6. The van der Waals surface area contributed by atoms with E-state index in [2.05, 4.69) is 22.9 Å². The maximum absolute atomic E-state index is 10.6. The number of hydrogen-bond donors (Lipinski definition) is 0. The Bertz CT molecular complexity index is 390. The number of rotatable bonds is 4. The van der Waals surface area contributed by atoms with Gasteiger partial charge < -0.3 is 4.74 Å². The standard InChI is InChI=1S/C13H15BrO2/c1-9-2-4-11(9)8-16-13-5-3-10(7-15)6-12(13)14/h3,5-7,9,11H,2,4,8H2,1H3/t9-,11+/m1/s1. The minimum Gasteiger partial charge on any atom is -0.492 e. The van der Waals surface area contributed by atoms with Gasteiger partial charge in [-0.1, -0.05) is 6.92 Å². The van der Waals surface area contributed by atoms with Crippen LogP contribution >= 0.6 is 15.9 Å². The predicted octanol–water partition coefficient (Wildman–Crippen LogP) is 3.69. The second-order valence-electron chi connectivity index (χ2n) is 4.43. The molecule has 1 aliphatic carbocycles. The summed E-state index contributed by atoms with van der Waals surface area (Å²) < 4.78 is 6.60. The average molecular weight is 283 g/mol. The smallest absolute Gasteiger partial charge is 0.150 e. The average Bonchev–Trinajstić information content (AvgIpc) is 2.29. The van der Waals surface area contributed by atoms with Crippen LogP contribution in [0.25, 0.3) is 0 Å². The van der Waals surface area contributed by atoms with Gasteiger partial charge in [-0.05, 0) is 58.8 Å². The zero-order chi connectivity index (χ0) is 11.5. The summed E-state index contributed by atoms with van der Waals surface area (Å²) in [6, 6.07) is 5.40. The molecule has 0 amide bonds. The topological polar surface area (TPSA) is 26.3 Å². The molecule has 0 radical (unpaired) electrons. The van der Waals surface area contributed by atoms with Gasteiger partial charge in [-0.2, -0.15) is 0 Å². The van der Waals surface area contributed by atoms with Gasteiger partial charge in [-0.15, -0.1) is 0 Å². The van der Waals surface area contributed by atoms with Crippen molar-refractivity contribution in [1.29, 1.82) is 0 Å². The van der Waals surface area contributed by atoms with Gasteiger partial charge >= 0.3 is 0 Å². The van der Waals surface area contributed by atoms with E-state index in [9.17, 15) is 4.79 Å². The number of hydrogen-bond acceptors (Lipinski definition) is 2. The first-order chi connectivity index (χ1) is 7.70. The molecule has 16 heavy (non-hydrogen) atoms. The summed E-state index contributed by atoms with van der Waals surface area (Å²) >= 11 is 3.41. The molecule has 2 atom stereocenters. The Kier molecular flexibility index (Phi) is 3.64. The Morgan fingerprint density at radius 2 is 2.31 bits per heavy atom. The zero-order valence-corrected chi connectivity index (χ0v) is 10.9. The van der Waals surface area contributed by atoms with E-state index >= 15 is 0 Å². The molecule has 1 aromatic carbocycles. The lowest BCUT2D eigenvalue weighted by Crippen LogP contribution is -2.28. The molecule has 0 heterocycles. The number of carbonyl (C=O) groups is 1. The van der Waals surface area contributed by atoms with Crippen LogP contribution in [0.5, 0.6) is 5.75 Å². The van der Waals surface area contributed by atoms with E-state index < -0.39 is 0 Å². The summed E-state index contributed by atoms with van der Waals surface area (Å²) in [7, 11) is 0. The maximum Gasteiger partial charge on any atom is 0.150 e. The lowest BCUT2D eigenvalue weighted by Gasteiger charge is -2.33. The van der Waals surface area contributed by atoms with Crippen molar-refractivity contribution in [3.63, 3.8) is 0 Å². The van der Waals surface area contributed by atoms with Crippen LogP contribution in [0.4, 0.5) is 0 Å². The van der Waals surface area contributed by atoms with Gasteiger partial charge in [-0.3, -0.25) is 4.79 Å². The van der Waals surface area contributed by atoms with Gasteiger partial charge in [0.05, 0.1) is 11.1 Å². The van der Waals surface area contributed by atoms with Gasteiger partial charge in [-0.25, -0.2) is 0 Å². The summed E-state index contributed by atoms with van der Waals surface area (Å²) in [5.74, 6) is 2.30. The van der Waals surface area contributed by atoms with Gasteiger partial charge in [0, 0.05) is 5.56 Å². The Labute approximate surface area is 104 Å². The summed E-state index contributed by atoms with van der Waals surface area (Å²) in [5.41, 5.74) is 0.663. The second kappa shape index (κ2) is 5.00. The molecule has 0 aliphatic heterocycles. The largest absolute Gasteiger partial charge is 0.492 e. The highest BCUT2D eigenvalue weighted by Gasteiger charge is 2.27. The Balaban J connectivity index is 1.96. The van der Waals surface area contributed by atoms with Crippen molar-refractivity contribution < 1.29 is 9.53 Å². The Morgan fingerprint density at radius 1 is 1.50 bits per heavy atom. The van der Waals surface area contributed by atoms with Gasteiger partial charge in [0.15, 0.2) is 0 Å². The van der Waals surface area contributed by atoms with Crippen LogP contribution in [0.2, 0.25) is 0 Å². The molecule has 2 nitrogen and oxygen atoms in total. The molecule has 0 N–H and O–H groups in total. The fourth-order valence-electron chi connectivity index (χ4n) is 1.89. The highest BCUT2D eigenvalue weighted by Crippen LogP contribution is 2.35. The van der Waals surface area contributed by atoms with Crippen LogP contribution in [0, 0.1) is 11.8 Å². The van der Waals surface area contributed by atoms with Gasteiger partial charge in [0.1, 0.15) is 12.0 Å². The summed E-state index contributed by atoms with van der Waals surface area (Å²) in [4.78, 5) is 10.6. The Morgan fingerprint density at radius 3 is 2.81 bits per heavy atom. The minimum absolute atomic E-state index is 0.663. The number of aldehydes is 1. The second-order valence-corrected chi connectivity index (χ2v) is 5.29. The molecule has 0 spiro atoms. The van der Waals surface area contributed by atoms with Gasteiger partial charge in [0.2, 0.25) is 0 Å². The SMILES string of the molecule is C[C@@H]1CC[C@H]1COc1ccc(C=O)cc1Br. The van der Waals surface area contributed by atoms with E-state index in [0.29, 0.717) is 11.5 Å². The van der Waals surface area contributed by atoms with Crippen molar-refractivity contribution >= 4 is 22.2 Å². The molecule has 1 aliphatic rings. The molecule has 1 saturated carbocycles. The highest BCUT2D eigenvalue weighted by atomic mass is 79.9. The van der Waals surface area contributed by atoms with E-state index in [1.165, 1.54) is 12.8 Å². The first-order valence-corrected chi connectivity index (χ1v) is 6.37. The van der Waals surface area contributed by atoms with Crippen LogP contribution in [0.3, 0.4) is 0 Å². The monoisotopic (exact) mass is 282 g/mol. The Hall–Kier alpha value is -0.830. The number of ether oxygens (including phenoxy) is 1. The quantitative estimate of drug-likeness (QED) is 0.788. The van der Waals surface area contributed by atoms with E-state index in [1.807, 2.05) is 6.07 Å². The number of halogens is 1. The molecular formula is C13H15BrO2. The summed E-state index contributed by atoms with van der Waals surface area (Å²) in [6.07, 6.45) is 3.42. The maximum atomic E-state index is 10.6. The highest BCUT2D eigenvalue weighted by molar-refractivity contribution is 9.10. The molecule has 86 valence electrons. The fraction of sp³-hybridized carbons (Fsp3) is 0.462. The lowest BCUT2D eigenvalue weighted by molar-refractivity contribution is 0.112. The van der Waals surface area contributed by atoms with Crippen LogP contribution in [0.15, 0.2) is 22.7 Å². The van der Waals surface area contributed by atoms with E-state index in [1.54, 1.807) is 12.1 Å². The lowest BCUT2D eigenvalue weighted by atomic mass is 9.75. The third-order valence-electron chi connectivity index (χ3n) is 3.34. The van der Waals surface area contributed by atoms with Crippen molar-refractivity contribution in [3.8, 4) is 5.75 Å². The van der Waals surface area contributed by atoms with E-state index in [0.717, 1.165) is 29.0 Å².